The smallest absolute Gasteiger partial charge is 0.360 e. The summed E-state index contributed by atoms with van der Waals surface area (Å²) in [6.07, 6.45) is 0.358. The summed E-state index contributed by atoms with van der Waals surface area (Å²) < 4.78 is 1.40. The molecular weight excluding hydrogens is 200 g/mol. The summed E-state index contributed by atoms with van der Waals surface area (Å²) in [6.45, 7) is 1.64. The van der Waals surface area contributed by atoms with Crippen LogP contribution in [0, 0.1) is 4.91 Å². The lowest BCUT2D eigenvalue weighted by Gasteiger charge is -2.13. The summed E-state index contributed by atoms with van der Waals surface area (Å²) in [6, 6.07) is -0.496. The third-order valence-electron chi connectivity index (χ3n) is 2.10. The van der Waals surface area contributed by atoms with Gasteiger partial charge < -0.3 is 10.8 Å². The van der Waals surface area contributed by atoms with E-state index in [1.165, 1.54) is 18.0 Å². The summed E-state index contributed by atoms with van der Waals surface area (Å²) in [5.41, 5.74) is 6.05. The molecule has 0 fully saturated rings. The number of aliphatic hydroxyl groups excluding tert-OH is 1. The molecule has 15 heavy (non-hydrogen) atoms. The molecule has 0 spiro atoms. The number of aromatic nitrogens is 2. The molecule has 1 heterocycles. The Morgan fingerprint density at radius 3 is 2.80 bits per heavy atom. The molecule has 0 aromatic carbocycles. The second kappa shape index (κ2) is 4.37. The molecule has 2 unspecified atom stereocenters. The van der Waals surface area contributed by atoms with Crippen LogP contribution in [-0.2, 0) is 11.9 Å². The number of rotatable bonds is 4. The fraction of sp³-hybridized carbons (Fsp3) is 0.625. The van der Waals surface area contributed by atoms with Gasteiger partial charge >= 0.3 is 5.69 Å². The van der Waals surface area contributed by atoms with Crippen molar-refractivity contribution in [1.29, 1.82) is 0 Å². The Morgan fingerprint density at radius 2 is 2.33 bits per heavy atom. The van der Waals surface area contributed by atoms with Gasteiger partial charge in [-0.15, -0.1) is 0 Å². The normalized spacial score (nSPS) is 14.7. The Kier molecular flexibility index (Phi) is 3.38. The van der Waals surface area contributed by atoms with Gasteiger partial charge in [-0.2, -0.15) is 5.10 Å². The van der Waals surface area contributed by atoms with Crippen LogP contribution in [0.15, 0.2) is 6.20 Å². The lowest BCUT2D eigenvalue weighted by Crippen LogP contribution is -2.26. The Bertz CT molecular complexity index is 361. The molecule has 0 bridgehead atoms. The number of nitrogens with zero attached hydrogens (tertiary/aromatic N) is 3. The van der Waals surface area contributed by atoms with Crippen LogP contribution in [0.4, 0.5) is 5.69 Å². The molecule has 84 valence electrons. The Labute approximate surface area is 87.0 Å². The van der Waals surface area contributed by atoms with Crippen molar-refractivity contribution in [1.82, 2.24) is 9.78 Å². The number of nitrogens with two attached hydrogens (primary N) is 1. The molecule has 1 rings (SSSR count). The molecular formula is C8H15N4O3+. The average Bonchev–Trinajstić information content (AvgIpc) is 2.57. The molecule has 0 saturated carbocycles. The van der Waals surface area contributed by atoms with E-state index in [9.17, 15) is 10.0 Å². The van der Waals surface area contributed by atoms with Crippen molar-refractivity contribution in [2.75, 3.05) is 7.11 Å². The summed E-state index contributed by atoms with van der Waals surface area (Å²) >= 11 is 0. The lowest BCUT2D eigenvalue weighted by atomic mass is 10.1. The average molecular weight is 215 g/mol. The van der Waals surface area contributed by atoms with Gasteiger partial charge in [0.25, 0.3) is 4.92 Å². The first-order valence-corrected chi connectivity index (χ1v) is 4.46. The topological polar surface area (TPSA) is 93.4 Å². The van der Waals surface area contributed by atoms with Gasteiger partial charge in [0.2, 0.25) is 0 Å². The minimum atomic E-state index is -0.959. The first-order valence-electron chi connectivity index (χ1n) is 4.46. The van der Waals surface area contributed by atoms with E-state index in [-0.39, 0.29) is 10.6 Å². The highest BCUT2D eigenvalue weighted by Gasteiger charge is 2.31. The minimum absolute atomic E-state index is 0.157. The number of hydrogen-bond donors (Lipinski definition) is 2. The van der Waals surface area contributed by atoms with Gasteiger partial charge in [-0.25, -0.2) is 4.84 Å². The third-order valence-corrected chi connectivity index (χ3v) is 2.10. The summed E-state index contributed by atoms with van der Waals surface area (Å²) in [4.78, 5) is 16.0. The zero-order valence-electron chi connectivity index (χ0n) is 8.91. The van der Waals surface area contributed by atoms with Gasteiger partial charge in [0.15, 0.2) is 12.8 Å². The first kappa shape index (κ1) is 11.6. The SMILES string of the molecule is CO[N+](=O)c1cnn(C)c1C(O)C(C)N. The van der Waals surface area contributed by atoms with E-state index in [1.54, 1.807) is 14.0 Å². The Hall–Kier alpha value is -1.47. The standard InChI is InChI=1S/C8H15N4O3/c1-5(9)8(13)7-6(12(14)15-3)4-10-11(7)2/h4-5,8,13H,9H2,1-3H3/q+1. The second-order valence-corrected chi connectivity index (χ2v) is 3.28. The molecule has 0 saturated heterocycles. The van der Waals surface area contributed by atoms with Crippen molar-refractivity contribution in [2.45, 2.75) is 19.1 Å². The summed E-state index contributed by atoms with van der Waals surface area (Å²) in [7, 11) is 2.86. The third kappa shape index (κ3) is 2.13. The fourth-order valence-corrected chi connectivity index (χ4v) is 1.27. The minimum Gasteiger partial charge on any atom is -0.385 e. The van der Waals surface area contributed by atoms with Crippen LogP contribution in [0.1, 0.15) is 18.7 Å². The maximum Gasteiger partial charge on any atom is 0.360 e. The maximum atomic E-state index is 11.3. The van der Waals surface area contributed by atoms with Gasteiger partial charge in [0.05, 0.1) is 4.91 Å². The zero-order chi connectivity index (χ0) is 11.6. The van der Waals surface area contributed by atoms with Crippen molar-refractivity contribution >= 4 is 5.69 Å². The molecule has 0 aliphatic rings. The van der Waals surface area contributed by atoms with Gasteiger partial charge in [-0.3, -0.25) is 4.68 Å². The highest BCUT2D eigenvalue weighted by atomic mass is 16.8. The Morgan fingerprint density at radius 1 is 1.73 bits per heavy atom. The molecule has 0 radical (unpaired) electrons. The van der Waals surface area contributed by atoms with Gasteiger partial charge in [-0.05, 0) is 6.92 Å². The summed E-state index contributed by atoms with van der Waals surface area (Å²) in [5.74, 6) is 0. The highest BCUT2D eigenvalue weighted by Crippen LogP contribution is 2.25. The molecule has 2 atom stereocenters. The number of hydrogen-bond acceptors (Lipinski definition) is 5. The van der Waals surface area contributed by atoms with Crippen LogP contribution in [0.3, 0.4) is 0 Å². The first-order chi connectivity index (χ1) is 6.99. The predicted molar refractivity (Wildman–Crippen MR) is 52.1 cm³/mol. The Balaban J connectivity index is 3.15. The molecule has 0 aliphatic heterocycles. The molecule has 3 N–H and O–H groups in total. The van der Waals surface area contributed by atoms with Crippen LogP contribution >= 0.6 is 0 Å². The van der Waals surface area contributed by atoms with E-state index in [2.05, 4.69) is 9.94 Å². The number of aryl methyl sites for hydroxylation is 1. The van der Waals surface area contributed by atoms with E-state index in [4.69, 9.17) is 5.73 Å². The lowest BCUT2D eigenvalue weighted by molar-refractivity contribution is -0.737. The molecule has 7 nitrogen and oxygen atoms in total. The predicted octanol–water partition coefficient (Wildman–Crippen LogP) is -0.227. The van der Waals surface area contributed by atoms with Crippen molar-refractivity contribution in [3.63, 3.8) is 0 Å². The van der Waals surface area contributed by atoms with Crippen LogP contribution in [0.2, 0.25) is 0 Å². The van der Waals surface area contributed by atoms with Crippen molar-refractivity contribution < 1.29 is 14.9 Å². The fourth-order valence-electron chi connectivity index (χ4n) is 1.27. The molecule has 0 aliphatic carbocycles. The van der Waals surface area contributed by atoms with Crippen molar-refractivity contribution in [2.24, 2.45) is 12.8 Å². The van der Waals surface area contributed by atoms with Crippen molar-refractivity contribution in [3.05, 3.63) is 16.8 Å². The maximum absolute atomic E-state index is 11.3. The van der Waals surface area contributed by atoms with Crippen molar-refractivity contribution in [3.8, 4) is 0 Å². The van der Waals surface area contributed by atoms with E-state index in [0.29, 0.717) is 5.69 Å². The quantitative estimate of drug-likeness (QED) is 0.677. The summed E-state index contributed by atoms with van der Waals surface area (Å²) in [5, 5.41) is 13.7. The van der Waals surface area contributed by atoms with Gasteiger partial charge in [0, 0.05) is 13.1 Å². The van der Waals surface area contributed by atoms with E-state index >= 15 is 0 Å². The van der Waals surface area contributed by atoms with E-state index in [1.807, 2.05) is 0 Å². The molecule has 7 heteroatoms. The van der Waals surface area contributed by atoms with E-state index < -0.39 is 12.1 Å². The molecule has 1 aromatic rings. The number of aliphatic hydroxyl groups is 1. The van der Waals surface area contributed by atoms with Crippen LogP contribution in [-0.4, -0.2) is 33.0 Å². The monoisotopic (exact) mass is 215 g/mol. The van der Waals surface area contributed by atoms with E-state index in [0.717, 1.165) is 0 Å². The van der Waals surface area contributed by atoms with Crippen LogP contribution in [0.25, 0.3) is 0 Å². The zero-order valence-corrected chi connectivity index (χ0v) is 8.91. The van der Waals surface area contributed by atoms with Gasteiger partial charge in [-0.1, -0.05) is 0 Å². The second-order valence-electron chi connectivity index (χ2n) is 3.28. The van der Waals surface area contributed by atoms with Crippen LogP contribution < -0.4 is 5.73 Å². The molecule has 0 amide bonds. The highest BCUT2D eigenvalue weighted by molar-refractivity contribution is 5.34. The molecule has 1 aromatic heterocycles. The van der Waals surface area contributed by atoms with Gasteiger partial charge in [0.1, 0.15) is 12.3 Å². The largest absolute Gasteiger partial charge is 0.385 e. The van der Waals surface area contributed by atoms with Crippen LogP contribution in [0.5, 0.6) is 0 Å².